The van der Waals surface area contributed by atoms with E-state index in [2.05, 4.69) is 57.9 Å². The second-order valence-corrected chi connectivity index (χ2v) is 7.79. The molecule has 0 amide bonds. The van der Waals surface area contributed by atoms with Crippen LogP contribution < -0.4 is 11.2 Å². The highest BCUT2D eigenvalue weighted by Crippen LogP contribution is 2.37. The van der Waals surface area contributed by atoms with Crippen molar-refractivity contribution in [3.63, 3.8) is 0 Å². The van der Waals surface area contributed by atoms with Crippen LogP contribution in [0.2, 0.25) is 0 Å². The zero-order chi connectivity index (χ0) is 23.0. The summed E-state index contributed by atoms with van der Waals surface area (Å²) in [6.07, 6.45) is 5.45. The van der Waals surface area contributed by atoms with Gasteiger partial charge < -0.3 is 10.5 Å². The number of rotatable bonds is 9. The fraction of sp³-hybridized carbons (Fsp3) is 0.269. The number of aromatic nitrogens is 2. The number of ether oxygens (including phenoxy) is 1. The molecule has 33 heavy (non-hydrogen) atoms. The molecule has 0 saturated carbocycles. The van der Waals surface area contributed by atoms with E-state index in [1.165, 1.54) is 16.7 Å². The molecule has 0 aliphatic heterocycles. The van der Waals surface area contributed by atoms with Gasteiger partial charge in [0.2, 0.25) is 5.95 Å². The number of fused-ring (bicyclic) bond motifs is 1. The lowest BCUT2D eigenvalue weighted by Crippen LogP contribution is -2.22. The van der Waals surface area contributed by atoms with Crippen LogP contribution in [0.3, 0.4) is 0 Å². The number of esters is 1. The molecular weight excluding hydrogens is 416 g/mol. The molecule has 2 aromatic carbocycles. The second kappa shape index (κ2) is 10.7. The summed E-state index contributed by atoms with van der Waals surface area (Å²) < 4.78 is 4.95. The van der Waals surface area contributed by atoms with Gasteiger partial charge in [-0.3, -0.25) is 15.1 Å². The molecule has 1 aliphatic carbocycles. The van der Waals surface area contributed by atoms with Crippen molar-refractivity contribution in [2.45, 2.75) is 32.1 Å². The largest absolute Gasteiger partial charge is 0.466 e. The fourth-order valence-corrected chi connectivity index (χ4v) is 4.01. The van der Waals surface area contributed by atoms with E-state index in [4.69, 9.17) is 15.3 Å². The van der Waals surface area contributed by atoms with Crippen LogP contribution in [0.15, 0.2) is 66.9 Å². The van der Waals surface area contributed by atoms with E-state index in [0.29, 0.717) is 32.5 Å². The third kappa shape index (κ3) is 5.56. The number of nitrogens with two attached hydrogens (primary N) is 1. The molecule has 0 spiro atoms. The maximum Gasteiger partial charge on any atom is 0.305 e. The smallest absolute Gasteiger partial charge is 0.305 e. The molecular formula is C26H28N4O3. The molecule has 4 rings (SSSR count). The van der Waals surface area contributed by atoms with Crippen molar-refractivity contribution in [1.29, 1.82) is 0 Å². The molecule has 0 bridgehead atoms. The highest BCUT2D eigenvalue weighted by atomic mass is 16.6. The predicted octanol–water partition coefficient (Wildman–Crippen LogP) is 4.27. The van der Waals surface area contributed by atoms with Crippen LogP contribution in [0.5, 0.6) is 0 Å². The summed E-state index contributed by atoms with van der Waals surface area (Å²) in [4.78, 5) is 25.9. The first-order valence-electron chi connectivity index (χ1n) is 11.2. The van der Waals surface area contributed by atoms with Crippen LogP contribution in [0.25, 0.3) is 16.8 Å². The zero-order valence-electron chi connectivity index (χ0n) is 18.7. The SMILES string of the molecule is CCOC(=O)CCCONC1=CC(c2ccccc2-c2ccccc2)Cc2nc(N)ncc21. The summed E-state index contributed by atoms with van der Waals surface area (Å²) in [6, 6.07) is 18.7. The van der Waals surface area contributed by atoms with Gasteiger partial charge in [-0.1, -0.05) is 60.7 Å². The number of hydrogen-bond acceptors (Lipinski definition) is 7. The minimum Gasteiger partial charge on any atom is -0.466 e. The molecule has 1 atom stereocenters. The first-order valence-corrected chi connectivity index (χ1v) is 11.2. The number of nitrogen functional groups attached to an aromatic ring is 1. The highest BCUT2D eigenvalue weighted by molar-refractivity contribution is 5.73. The average Bonchev–Trinajstić information content (AvgIpc) is 2.84. The van der Waals surface area contributed by atoms with Crippen molar-refractivity contribution in [1.82, 2.24) is 15.4 Å². The quantitative estimate of drug-likeness (QED) is 0.289. The van der Waals surface area contributed by atoms with Crippen LogP contribution >= 0.6 is 0 Å². The minimum absolute atomic E-state index is 0.0776. The summed E-state index contributed by atoms with van der Waals surface area (Å²) in [5, 5.41) is 0. The summed E-state index contributed by atoms with van der Waals surface area (Å²) in [7, 11) is 0. The standard InChI is InChI=1S/C26H28N4O3/c1-2-32-25(31)13-8-14-33-30-24-16-19(15-23-22(24)17-28-26(27)29-23)21-12-7-6-11-20(21)18-9-4-3-5-10-18/h3-7,9-12,16-17,19,30H,2,8,13-15H2,1H3,(H2,27,28,29). The normalized spacial score (nSPS) is 14.8. The van der Waals surface area contributed by atoms with Crippen LogP contribution in [-0.4, -0.2) is 29.2 Å². The number of allylic oxidation sites excluding steroid dienone is 1. The number of carbonyl (C=O) groups is 1. The molecule has 7 heteroatoms. The Kier molecular flexibility index (Phi) is 7.32. The van der Waals surface area contributed by atoms with Gasteiger partial charge in [0, 0.05) is 30.5 Å². The molecule has 0 fully saturated rings. The molecule has 7 nitrogen and oxygen atoms in total. The van der Waals surface area contributed by atoms with Crippen molar-refractivity contribution in [3.05, 3.63) is 83.7 Å². The van der Waals surface area contributed by atoms with Gasteiger partial charge in [-0.25, -0.2) is 9.97 Å². The van der Waals surface area contributed by atoms with Crippen LogP contribution in [-0.2, 0) is 20.8 Å². The maximum atomic E-state index is 11.5. The second-order valence-electron chi connectivity index (χ2n) is 7.79. The van der Waals surface area contributed by atoms with Gasteiger partial charge in [-0.15, -0.1) is 0 Å². The van der Waals surface area contributed by atoms with Crippen molar-refractivity contribution < 1.29 is 14.4 Å². The first kappa shape index (κ1) is 22.5. The molecule has 1 unspecified atom stereocenters. The van der Waals surface area contributed by atoms with E-state index in [0.717, 1.165) is 17.0 Å². The average molecular weight is 445 g/mol. The van der Waals surface area contributed by atoms with Gasteiger partial charge in [-0.2, -0.15) is 0 Å². The third-order valence-corrected chi connectivity index (χ3v) is 5.52. The Bertz CT molecular complexity index is 1130. The Morgan fingerprint density at radius 3 is 2.73 bits per heavy atom. The van der Waals surface area contributed by atoms with Crippen LogP contribution in [0.1, 0.15) is 42.5 Å². The third-order valence-electron chi connectivity index (χ3n) is 5.52. The van der Waals surface area contributed by atoms with E-state index < -0.39 is 0 Å². The summed E-state index contributed by atoms with van der Waals surface area (Å²) in [5.74, 6) is 0.110. The molecule has 1 aromatic heterocycles. The number of hydrogen-bond donors (Lipinski definition) is 2. The lowest BCUT2D eigenvalue weighted by Gasteiger charge is -2.25. The number of anilines is 1. The van der Waals surface area contributed by atoms with Crippen molar-refractivity contribution >= 4 is 17.6 Å². The Balaban J connectivity index is 1.56. The van der Waals surface area contributed by atoms with Crippen LogP contribution in [0, 0.1) is 0 Å². The Labute approximate surface area is 193 Å². The number of hydroxylamine groups is 1. The first-order chi connectivity index (χ1) is 16.2. The number of nitrogens with one attached hydrogen (secondary N) is 1. The Hall–Kier alpha value is -3.71. The van der Waals surface area contributed by atoms with E-state index >= 15 is 0 Å². The number of carbonyl (C=O) groups excluding carboxylic acids is 1. The fourth-order valence-electron chi connectivity index (χ4n) is 4.01. The maximum absolute atomic E-state index is 11.5. The molecule has 0 saturated heterocycles. The molecule has 3 N–H and O–H groups in total. The Morgan fingerprint density at radius 1 is 1.12 bits per heavy atom. The van der Waals surface area contributed by atoms with Gasteiger partial charge in [0.25, 0.3) is 0 Å². The predicted molar refractivity (Wildman–Crippen MR) is 128 cm³/mol. The summed E-state index contributed by atoms with van der Waals surface area (Å²) >= 11 is 0. The van der Waals surface area contributed by atoms with E-state index in [1.54, 1.807) is 13.1 Å². The number of nitrogens with zero attached hydrogens (tertiary/aromatic N) is 2. The molecule has 3 aromatic rings. The lowest BCUT2D eigenvalue weighted by molar-refractivity contribution is -0.143. The van der Waals surface area contributed by atoms with Crippen LogP contribution in [0.4, 0.5) is 5.95 Å². The zero-order valence-corrected chi connectivity index (χ0v) is 18.7. The van der Waals surface area contributed by atoms with Gasteiger partial charge in [0.15, 0.2) is 0 Å². The van der Waals surface area contributed by atoms with Crippen molar-refractivity contribution in [2.75, 3.05) is 18.9 Å². The molecule has 170 valence electrons. The van der Waals surface area contributed by atoms with Gasteiger partial charge in [0.05, 0.1) is 24.6 Å². The Morgan fingerprint density at radius 2 is 1.91 bits per heavy atom. The van der Waals surface area contributed by atoms with Gasteiger partial charge in [0.1, 0.15) is 0 Å². The topological polar surface area (TPSA) is 99.4 Å². The van der Waals surface area contributed by atoms with E-state index in [1.807, 2.05) is 18.2 Å². The van der Waals surface area contributed by atoms with E-state index in [-0.39, 0.29) is 17.8 Å². The lowest BCUT2D eigenvalue weighted by atomic mass is 9.83. The van der Waals surface area contributed by atoms with Gasteiger partial charge >= 0.3 is 5.97 Å². The summed E-state index contributed by atoms with van der Waals surface area (Å²) in [6.45, 7) is 2.55. The highest BCUT2D eigenvalue weighted by Gasteiger charge is 2.25. The summed E-state index contributed by atoms with van der Waals surface area (Å²) in [5.41, 5.74) is 15.0. The van der Waals surface area contributed by atoms with Crippen molar-refractivity contribution in [2.24, 2.45) is 0 Å². The monoisotopic (exact) mass is 444 g/mol. The van der Waals surface area contributed by atoms with E-state index in [9.17, 15) is 4.79 Å². The van der Waals surface area contributed by atoms with Crippen molar-refractivity contribution in [3.8, 4) is 11.1 Å². The minimum atomic E-state index is -0.218. The van der Waals surface area contributed by atoms with Gasteiger partial charge in [-0.05, 0) is 30.0 Å². The molecule has 1 aliphatic rings. The molecule has 0 radical (unpaired) electrons. The molecule has 1 heterocycles. The number of benzene rings is 2.